The number of carbonyl (C=O) groups is 4. The molecule has 1 aliphatic rings. The number of imidazole rings is 4. The molecule has 0 saturated heterocycles. The zero-order valence-corrected chi connectivity index (χ0v) is 41.9. The van der Waals surface area contributed by atoms with Crippen LogP contribution < -0.4 is 21.3 Å². The lowest BCUT2D eigenvalue weighted by Gasteiger charge is -2.19. The minimum Gasteiger partial charge on any atom is -0.340 e. The lowest BCUT2D eigenvalue weighted by Crippen LogP contribution is -2.34. The van der Waals surface area contributed by atoms with Gasteiger partial charge in [0.15, 0.2) is 0 Å². The molecule has 0 aliphatic carbocycles. The van der Waals surface area contributed by atoms with Gasteiger partial charge in [0.05, 0.1) is 24.2 Å². The van der Waals surface area contributed by atoms with E-state index < -0.39 is 47.8 Å². The molecule has 1 aliphatic heterocycles. The first-order chi connectivity index (χ1) is 34.7. The van der Waals surface area contributed by atoms with Crippen molar-refractivity contribution in [2.75, 3.05) is 0 Å². The normalized spacial score (nSPS) is 17.7. The number of carbonyl (C=O) groups excluding carboxylic acids is 4. The molecule has 0 saturated carbocycles. The Labute approximate surface area is 419 Å². The fourth-order valence-corrected chi connectivity index (χ4v) is 9.64. The van der Waals surface area contributed by atoms with Gasteiger partial charge < -0.3 is 39.5 Å². The molecule has 0 radical (unpaired) electrons. The molecule has 4 N–H and O–H groups in total. The van der Waals surface area contributed by atoms with Crippen molar-refractivity contribution in [3.05, 3.63) is 212 Å². The fraction of sp³-hybridized carbons (Fsp3) is 0.286. The maximum Gasteiger partial charge on any atom is 0.272 e. The van der Waals surface area contributed by atoms with E-state index in [2.05, 4.69) is 21.3 Å². The molecule has 9 rings (SSSR count). The molecule has 5 heterocycles. The first-order valence-corrected chi connectivity index (χ1v) is 24.2. The van der Waals surface area contributed by atoms with Crippen LogP contribution >= 0.6 is 0 Å². The highest BCUT2D eigenvalue weighted by atomic mass is 16.2. The van der Waals surface area contributed by atoms with Gasteiger partial charge in [-0.1, -0.05) is 121 Å². The molecule has 368 valence electrons. The number of fused-ring (bicyclic) bond motifs is 8. The monoisotopic (exact) mass is 964 g/mol. The SMILES string of the molecule is Cc1c2nc(n1C)[C@H](Cc1ccccc1)NC(=O)c1nc(n(C)c1C)[C@H](Cc1ccccc1)NC(=O)c1nc(n(C)c1C)[C@H](Cc1ccccc1)NC(=O)c1nc(n(C)c1C)[C@H](Cc1ccccc1)NC2=O. The average molecular weight is 965 g/mol. The third-order valence-electron chi connectivity index (χ3n) is 14.1. The first kappa shape index (κ1) is 48.6. The molecule has 4 aromatic carbocycles. The minimum atomic E-state index is -0.703. The van der Waals surface area contributed by atoms with E-state index >= 15 is 0 Å². The molecule has 8 bridgehead atoms. The van der Waals surface area contributed by atoms with Crippen molar-refractivity contribution in [1.29, 1.82) is 0 Å². The van der Waals surface area contributed by atoms with Crippen molar-refractivity contribution in [2.45, 2.75) is 77.5 Å². The molecular weight excluding hydrogens is 905 g/mol. The lowest BCUT2D eigenvalue weighted by atomic mass is 10.0. The Hall–Kier alpha value is -8.40. The van der Waals surface area contributed by atoms with E-state index in [1.54, 1.807) is 0 Å². The highest BCUT2D eigenvalue weighted by Crippen LogP contribution is 2.29. The van der Waals surface area contributed by atoms with Gasteiger partial charge in [-0.3, -0.25) is 19.2 Å². The van der Waals surface area contributed by atoms with Crippen LogP contribution in [-0.4, -0.2) is 61.8 Å². The van der Waals surface area contributed by atoms with Crippen LogP contribution in [0.1, 0.15) is 134 Å². The quantitative estimate of drug-likeness (QED) is 0.125. The van der Waals surface area contributed by atoms with Crippen molar-refractivity contribution in [1.82, 2.24) is 59.5 Å². The Morgan fingerprint density at radius 3 is 0.694 bits per heavy atom. The third-order valence-corrected chi connectivity index (χ3v) is 14.1. The van der Waals surface area contributed by atoms with Gasteiger partial charge in [0.1, 0.15) is 46.1 Å². The Morgan fingerprint density at radius 2 is 0.514 bits per heavy atom. The third kappa shape index (κ3) is 9.84. The summed E-state index contributed by atoms with van der Waals surface area (Å²) in [7, 11) is 7.32. The molecular formula is C56H60N12O4. The molecule has 72 heavy (non-hydrogen) atoms. The molecule has 16 heteroatoms. The highest BCUT2D eigenvalue weighted by molar-refractivity contribution is 5.96. The maximum absolute atomic E-state index is 14.8. The second kappa shape index (κ2) is 20.5. The second-order valence-corrected chi connectivity index (χ2v) is 18.7. The predicted molar refractivity (Wildman–Crippen MR) is 273 cm³/mol. The van der Waals surface area contributed by atoms with Crippen LogP contribution in [0.25, 0.3) is 0 Å². The summed E-state index contributed by atoms with van der Waals surface area (Å²) in [6.45, 7) is 7.31. The number of rotatable bonds is 8. The van der Waals surface area contributed by atoms with Crippen molar-refractivity contribution < 1.29 is 19.2 Å². The van der Waals surface area contributed by atoms with E-state index in [0.717, 1.165) is 22.3 Å². The van der Waals surface area contributed by atoms with Gasteiger partial charge in [-0.25, -0.2) is 19.9 Å². The number of nitrogens with one attached hydrogen (secondary N) is 4. The largest absolute Gasteiger partial charge is 0.340 e. The van der Waals surface area contributed by atoms with E-state index in [1.165, 1.54) is 0 Å². The Balaban J connectivity index is 1.20. The molecule has 0 spiro atoms. The molecule has 8 aromatic rings. The zero-order valence-electron chi connectivity index (χ0n) is 41.9. The average Bonchev–Trinajstić information content (AvgIpc) is 4.07. The van der Waals surface area contributed by atoms with Gasteiger partial charge >= 0.3 is 0 Å². The maximum atomic E-state index is 14.8. The van der Waals surface area contributed by atoms with E-state index in [0.29, 0.717) is 71.8 Å². The van der Waals surface area contributed by atoms with Crippen molar-refractivity contribution in [3.8, 4) is 0 Å². The first-order valence-electron chi connectivity index (χ1n) is 24.2. The van der Waals surface area contributed by atoms with Crippen LogP contribution in [0.3, 0.4) is 0 Å². The standard InChI is InChI=1S/C56H60N12O4/c1-33-45-53(69)57-42(30-38-23-15-10-16-24-38)50-62-47(35(3)66(50)6)55(71)59-44(32-40-27-19-12-20-28-40)52-64-48(36(4)68(52)8)56(72)60-43(31-39-25-17-11-18-26-39)51-63-46(34(2)67(51)7)54(70)58-41(49(61-45)65(33)5)29-37-21-13-9-14-22-37/h9-28,41-44H,29-32H2,1-8H3,(H,57,69)(H,58,70)(H,59,71)(H,60,72)/t41-,42-,43-,44-/m0/s1. The van der Waals surface area contributed by atoms with Gasteiger partial charge in [0, 0.05) is 51.0 Å². The number of benzene rings is 4. The van der Waals surface area contributed by atoms with E-state index in [-0.39, 0.29) is 22.8 Å². The number of hydrogen-bond acceptors (Lipinski definition) is 8. The second-order valence-electron chi connectivity index (χ2n) is 18.7. The molecule has 16 nitrogen and oxygen atoms in total. The van der Waals surface area contributed by atoms with Gasteiger partial charge in [0.25, 0.3) is 23.6 Å². The number of nitrogens with zero attached hydrogens (tertiary/aromatic N) is 8. The van der Waals surface area contributed by atoms with Crippen LogP contribution in [-0.2, 0) is 53.9 Å². The summed E-state index contributed by atoms with van der Waals surface area (Å²) < 4.78 is 7.34. The summed E-state index contributed by atoms with van der Waals surface area (Å²) in [5, 5.41) is 13.0. The van der Waals surface area contributed by atoms with Crippen molar-refractivity contribution in [2.24, 2.45) is 28.2 Å². The van der Waals surface area contributed by atoms with Crippen LogP contribution in [0.5, 0.6) is 0 Å². The molecule has 0 fully saturated rings. The summed E-state index contributed by atoms with van der Waals surface area (Å²) in [6.07, 6.45) is 1.42. The predicted octanol–water partition coefficient (Wildman–Crippen LogP) is 7.02. The van der Waals surface area contributed by atoms with E-state index in [4.69, 9.17) is 19.9 Å². The summed E-state index contributed by atoms with van der Waals surface area (Å²) in [5.41, 5.74) is 6.84. The summed E-state index contributed by atoms with van der Waals surface area (Å²) in [5.74, 6) is 0.0951. The Bertz CT molecular complexity index is 2840. The summed E-state index contributed by atoms with van der Waals surface area (Å²) >= 11 is 0. The topological polar surface area (TPSA) is 188 Å². The molecule has 4 amide bonds. The van der Waals surface area contributed by atoms with Gasteiger partial charge in [-0.15, -0.1) is 0 Å². The van der Waals surface area contributed by atoms with Crippen molar-refractivity contribution in [3.63, 3.8) is 0 Å². The molecule has 0 unspecified atom stereocenters. The lowest BCUT2D eigenvalue weighted by molar-refractivity contribution is 0.0920. The smallest absolute Gasteiger partial charge is 0.272 e. The number of amides is 4. The minimum absolute atomic E-state index is 0.181. The van der Waals surface area contributed by atoms with Crippen LogP contribution in [0, 0.1) is 27.7 Å². The van der Waals surface area contributed by atoms with Crippen LogP contribution in [0.15, 0.2) is 121 Å². The van der Waals surface area contributed by atoms with Crippen LogP contribution in [0.4, 0.5) is 0 Å². The van der Waals surface area contributed by atoms with E-state index in [9.17, 15) is 19.2 Å². The van der Waals surface area contributed by atoms with Crippen molar-refractivity contribution >= 4 is 23.6 Å². The molecule has 4 atom stereocenters. The number of aromatic nitrogens is 8. The number of hydrogen-bond donors (Lipinski definition) is 4. The Morgan fingerprint density at radius 1 is 0.333 bits per heavy atom. The fourth-order valence-electron chi connectivity index (χ4n) is 9.64. The van der Waals surface area contributed by atoms with Gasteiger partial charge in [-0.05, 0) is 75.6 Å². The van der Waals surface area contributed by atoms with Crippen LogP contribution in [0.2, 0.25) is 0 Å². The summed E-state index contributed by atoms with van der Waals surface area (Å²) in [4.78, 5) is 79.1. The molecule has 4 aromatic heterocycles. The highest BCUT2D eigenvalue weighted by Gasteiger charge is 2.34. The zero-order chi connectivity index (χ0) is 50.8. The Kier molecular flexibility index (Phi) is 13.9. The van der Waals surface area contributed by atoms with Gasteiger partial charge in [0.2, 0.25) is 0 Å². The van der Waals surface area contributed by atoms with Gasteiger partial charge in [-0.2, -0.15) is 0 Å². The summed E-state index contributed by atoms with van der Waals surface area (Å²) in [6, 6.07) is 36.3. The van der Waals surface area contributed by atoms with E-state index in [1.807, 2.05) is 195 Å².